The highest BCUT2D eigenvalue weighted by Crippen LogP contribution is 2.19. The Morgan fingerprint density at radius 3 is 2.60 bits per heavy atom. The predicted octanol–water partition coefficient (Wildman–Crippen LogP) is 1.30. The van der Waals surface area contributed by atoms with Gasteiger partial charge in [-0.25, -0.2) is 4.79 Å². The van der Waals surface area contributed by atoms with Crippen LogP contribution in [0.15, 0.2) is 30.3 Å². The van der Waals surface area contributed by atoms with Crippen molar-refractivity contribution >= 4 is 11.9 Å². The summed E-state index contributed by atoms with van der Waals surface area (Å²) >= 11 is 0. The van der Waals surface area contributed by atoms with Gasteiger partial charge in [-0.15, -0.1) is 0 Å². The van der Waals surface area contributed by atoms with Gasteiger partial charge in [0.15, 0.2) is 0 Å². The van der Waals surface area contributed by atoms with Gasteiger partial charge in [-0.05, 0) is 5.56 Å². The zero-order valence-corrected chi connectivity index (χ0v) is 8.43. The van der Waals surface area contributed by atoms with Crippen LogP contribution in [0.1, 0.15) is 18.5 Å². The van der Waals surface area contributed by atoms with Crippen molar-refractivity contribution in [2.45, 2.75) is 13.0 Å². The zero-order valence-electron chi connectivity index (χ0n) is 8.43. The first kappa shape index (κ1) is 9.71. The van der Waals surface area contributed by atoms with Gasteiger partial charge in [0, 0.05) is 6.92 Å². The summed E-state index contributed by atoms with van der Waals surface area (Å²) in [5.74, 6) is -0.217. The Hall–Kier alpha value is -1.84. The second kappa shape index (κ2) is 3.73. The largest absolute Gasteiger partial charge is 0.329 e. The predicted molar refractivity (Wildman–Crippen MR) is 55.1 cm³/mol. The fourth-order valence-electron chi connectivity index (χ4n) is 1.68. The number of imide groups is 1. The lowest BCUT2D eigenvalue weighted by Crippen LogP contribution is -2.32. The number of carbonyl (C=O) groups excluding carboxylic acids is 2. The number of hydrogen-bond donors (Lipinski definition) is 1. The fourth-order valence-corrected chi connectivity index (χ4v) is 1.68. The Balaban J connectivity index is 2.16. The SMILES string of the molecule is CC(=O)N1C[C@H](c2ccccc2)NC1=O. The summed E-state index contributed by atoms with van der Waals surface area (Å²) < 4.78 is 0. The molecule has 1 N–H and O–H groups in total. The first-order valence-electron chi connectivity index (χ1n) is 4.82. The number of hydrogen-bond acceptors (Lipinski definition) is 2. The van der Waals surface area contributed by atoms with Crippen LogP contribution in [-0.4, -0.2) is 23.4 Å². The number of urea groups is 1. The fraction of sp³-hybridized carbons (Fsp3) is 0.273. The van der Waals surface area contributed by atoms with Crippen LogP contribution in [-0.2, 0) is 4.79 Å². The Morgan fingerprint density at radius 2 is 2.07 bits per heavy atom. The summed E-state index contributed by atoms with van der Waals surface area (Å²) in [5.41, 5.74) is 1.02. The van der Waals surface area contributed by atoms with Crippen LogP contribution in [0.2, 0.25) is 0 Å². The molecule has 0 unspecified atom stereocenters. The van der Waals surface area contributed by atoms with Crippen molar-refractivity contribution in [2.75, 3.05) is 6.54 Å². The highest BCUT2D eigenvalue weighted by atomic mass is 16.2. The molecule has 0 aliphatic carbocycles. The van der Waals surface area contributed by atoms with E-state index in [1.807, 2.05) is 30.3 Å². The molecule has 0 bridgehead atoms. The van der Waals surface area contributed by atoms with Crippen molar-refractivity contribution < 1.29 is 9.59 Å². The molecule has 1 aromatic rings. The second-order valence-corrected chi connectivity index (χ2v) is 3.54. The molecule has 1 saturated heterocycles. The molecule has 15 heavy (non-hydrogen) atoms. The first-order valence-corrected chi connectivity index (χ1v) is 4.82. The lowest BCUT2D eigenvalue weighted by Gasteiger charge is -2.09. The van der Waals surface area contributed by atoms with E-state index in [1.54, 1.807) is 0 Å². The quantitative estimate of drug-likeness (QED) is 0.749. The van der Waals surface area contributed by atoms with Crippen LogP contribution in [0.25, 0.3) is 0 Å². The second-order valence-electron chi connectivity index (χ2n) is 3.54. The van der Waals surface area contributed by atoms with E-state index >= 15 is 0 Å². The normalized spacial score (nSPS) is 20.2. The lowest BCUT2D eigenvalue weighted by atomic mass is 10.1. The van der Waals surface area contributed by atoms with Crippen molar-refractivity contribution in [1.82, 2.24) is 10.2 Å². The van der Waals surface area contributed by atoms with E-state index in [9.17, 15) is 9.59 Å². The minimum absolute atomic E-state index is 0.0809. The molecule has 1 aromatic carbocycles. The standard InChI is InChI=1S/C11H12N2O2/c1-8(14)13-7-10(12-11(13)15)9-5-3-2-4-6-9/h2-6,10H,7H2,1H3,(H,12,15)/t10-/m1/s1. The van der Waals surface area contributed by atoms with Gasteiger partial charge in [0.25, 0.3) is 0 Å². The third-order valence-corrected chi connectivity index (χ3v) is 2.49. The molecule has 0 saturated carbocycles. The summed E-state index contributed by atoms with van der Waals surface area (Å²) in [4.78, 5) is 23.7. The number of benzene rings is 1. The lowest BCUT2D eigenvalue weighted by molar-refractivity contribution is -0.125. The smallest absolute Gasteiger partial charge is 0.324 e. The van der Waals surface area contributed by atoms with Gasteiger partial charge < -0.3 is 5.32 Å². The molecule has 1 aliphatic rings. The van der Waals surface area contributed by atoms with E-state index < -0.39 is 0 Å². The molecule has 0 radical (unpaired) electrons. The molecular formula is C11H12N2O2. The molecular weight excluding hydrogens is 192 g/mol. The third kappa shape index (κ3) is 1.83. The van der Waals surface area contributed by atoms with Gasteiger partial charge in [-0.3, -0.25) is 9.69 Å². The van der Waals surface area contributed by atoms with E-state index in [-0.39, 0.29) is 18.0 Å². The molecule has 4 heteroatoms. The van der Waals surface area contributed by atoms with E-state index in [0.29, 0.717) is 6.54 Å². The summed E-state index contributed by atoms with van der Waals surface area (Å²) in [6.45, 7) is 1.81. The van der Waals surface area contributed by atoms with Crippen molar-refractivity contribution in [2.24, 2.45) is 0 Å². The van der Waals surface area contributed by atoms with Gasteiger partial charge >= 0.3 is 6.03 Å². The number of carbonyl (C=O) groups is 2. The van der Waals surface area contributed by atoms with E-state index in [1.165, 1.54) is 11.8 Å². The average Bonchev–Trinajstić information content (AvgIpc) is 2.62. The van der Waals surface area contributed by atoms with E-state index in [2.05, 4.69) is 5.32 Å². The van der Waals surface area contributed by atoms with Gasteiger partial charge in [-0.1, -0.05) is 30.3 Å². The Bertz CT molecular complexity index is 389. The van der Waals surface area contributed by atoms with Crippen LogP contribution in [0.4, 0.5) is 4.79 Å². The minimum atomic E-state index is -0.309. The Morgan fingerprint density at radius 1 is 1.40 bits per heavy atom. The number of rotatable bonds is 1. The summed E-state index contributed by atoms with van der Waals surface area (Å²) in [6.07, 6.45) is 0. The first-order chi connectivity index (χ1) is 7.18. The molecule has 2 rings (SSSR count). The highest BCUT2D eigenvalue weighted by Gasteiger charge is 2.31. The average molecular weight is 204 g/mol. The van der Waals surface area contributed by atoms with Crippen molar-refractivity contribution in [1.29, 1.82) is 0 Å². The monoisotopic (exact) mass is 204 g/mol. The van der Waals surface area contributed by atoms with Crippen LogP contribution >= 0.6 is 0 Å². The van der Waals surface area contributed by atoms with Crippen molar-refractivity contribution in [3.8, 4) is 0 Å². The van der Waals surface area contributed by atoms with Crippen LogP contribution in [0, 0.1) is 0 Å². The van der Waals surface area contributed by atoms with Gasteiger partial charge in [0.1, 0.15) is 0 Å². The molecule has 78 valence electrons. The maximum Gasteiger partial charge on any atom is 0.324 e. The summed E-state index contributed by atoms with van der Waals surface area (Å²) in [5, 5.41) is 2.77. The van der Waals surface area contributed by atoms with E-state index in [0.717, 1.165) is 5.56 Å². The molecule has 1 fully saturated rings. The Labute approximate surface area is 87.9 Å². The number of amides is 3. The number of nitrogens with zero attached hydrogens (tertiary/aromatic N) is 1. The van der Waals surface area contributed by atoms with Gasteiger partial charge in [-0.2, -0.15) is 0 Å². The zero-order chi connectivity index (χ0) is 10.8. The number of nitrogens with one attached hydrogen (secondary N) is 1. The van der Waals surface area contributed by atoms with Crippen LogP contribution in [0.5, 0.6) is 0 Å². The summed E-state index contributed by atoms with van der Waals surface area (Å²) in [7, 11) is 0. The topological polar surface area (TPSA) is 49.4 Å². The summed E-state index contributed by atoms with van der Waals surface area (Å²) in [6, 6.07) is 9.24. The van der Waals surface area contributed by atoms with Crippen molar-refractivity contribution in [3.05, 3.63) is 35.9 Å². The van der Waals surface area contributed by atoms with Gasteiger partial charge in [0.2, 0.25) is 5.91 Å². The highest BCUT2D eigenvalue weighted by molar-refractivity contribution is 5.95. The van der Waals surface area contributed by atoms with Gasteiger partial charge in [0.05, 0.1) is 12.6 Å². The van der Waals surface area contributed by atoms with Crippen molar-refractivity contribution in [3.63, 3.8) is 0 Å². The minimum Gasteiger partial charge on any atom is -0.329 e. The maximum atomic E-state index is 11.4. The third-order valence-electron chi connectivity index (χ3n) is 2.49. The molecule has 3 amide bonds. The molecule has 1 aliphatic heterocycles. The molecule has 1 atom stereocenters. The van der Waals surface area contributed by atoms with E-state index in [4.69, 9.17) is 0 Å². The molecule has 4 nitrogen and oxygen atoms in total. The Kier molecular flexibility index (Phi) is 2.41. The molecule has 1 heterocycles. The molecule has 0 spiro atoms. The van der Waals surface area contributed by atoms with Crippen LogP contribution < -0.4 is 5.32 Å². The maximum absolute atomic E-state index is 11.4. The molecule has 0 aromatic heterocycles. The van der Waals surface area contributed by atoms with Crippen LogP contribution in [0.3, 0.4) is 0 Å².